The van der Waals surface area contributed by atoms with Crippen molar-refractivity contribution >= 4 is 6.03 Å². The molecule has 1 rings (SSSR count). The van der Waals surface area contributed by atoms with Gasteiger partial charge in [0, 0.05) is 13.2 Å². The summed E-state index contributed by atoms with van der Waals surface area (Å²) in [5.74, 6) is 5.64. The van der Waals surface area contributed by atoms with Crippen molar-refractivity contribution in [2.45, 2.75) is 12.5 Å². The molecule has 1 heterocycles. The maximum absolute atomic E-state index is 12.2. The standard InChI is InChI=1S/C10H22N4O9/c1-16-21-13(14(22-17-2)23-18-3)10(15)12(11)5-4-6-19-7-9-8-20-9/h9H,4-8,11H2,1-3H3. The average Bonchev–Trinajstić information content (AvgIpc) is 3.35. The quantitative estimate of drug-likeness (QED) is 0.111. The summed E-state index contributed by atoms with van der Waals surface area (Å²) in [5.41, 5.74) is 0. The van der Waals surface area contributed by atoms with E-state index in [1.165, 1.54) is 14.2 Å². The van der Waals surface area contributed by atoms with Crippen LogP contribution in [0.15, 0.2) is 0 Å². The lowest BCUT2D eigenvalue weighted by molar-refractivity contribution is -0.688. The van der Waals surface area contributed by atoms with Gasteiger partial charge in [0.2, 0.25) is 0 Å². The lowest BCUT2D eigenvalue weighted by atomic mass is 10.4. The number of hydroxylamine groups is 1. The van der Waals surface area contributed by atoms with E-state index in [1.54, 1.807) is 0 Å². The third-order valence-electron chi connectivity index (χ3n) is 2.37. The molecule has 1 fully saturated rings. The highest BCUT2D eigenvalue weighted by Gasteiger charge is 2.31. The fourth-order valence-electron chi connectivity index (χ4n) is 1.32. The summed E-state index contributed by atoms with van der Waals surface area (Å²) in [6.07, 6.45) is 0.675. The smallest absolute Gasteiger partial charge is 0.379 e. The average molecular weight is 342 g/mol. The monoisotopic (exact) mass is 342 g/mol. The molecule has 0 aromatic heterocycles. The van der Waals surface area contributed by atoms with Crippen molar-refractivity contribution in [3.8, 4) is 0 Å². The van der Waals surface area contributed by atoms with Crippen LogP contribution in [0.3, 0.4) is 0 Å². The Balaban J connectivity index is 2.38. The van der Waals surface area contributed by atoms with E-state index in [9.17, 15) is 4.79 Å². The minimum absolute atomic E-state index is 0.168. The molecule has 1 aliphatic rings. The first-order valence-corrected chi connectivity index (χ1v) is 6.62. The molecule has 0 spiro atoms. The van der Waals surface area contributed by atoms with E-state index in [4.69, 9.17) is 15.3 Å². The minimum atomic E-state index is -0.883. The van der Waals surface area contributed by atoms with Crippen LogP contribution in [0.4, 0.5) is 4.79 Å². The molecule has 0 radical (unpaired) electrons. The van der Waals surface area contributed by atoms with E-state index < -0.39 is 6.03 Å². The molecule has 0 saturated carbocycles. The van der Waals surface area contributed by atoms with Gasteiger partial charge in [0.05, 0.1) is 34.5 Å². The number of ether oxygens (including phenoxy) is 2. The topological polar surface area (TPSA) is 130 Å². The molecular weight excluding hydrogens is 320 g/mol. The Bertz CT molecular complexity index is 327. The van der Waals surface area contributed by atoms with Gasteiger partial charge in [-0.1, -0.05) is 15.0 Å². The zero-order valence-electron chi connectivity index (χ0n) is 13.2. The van der Waals surface area contributed by atoms with Crippen molar-refractivity contribution in [3.05, 3.63) is 0 Å². The lowest BCUT2D eigenvalue weighted by Crippen LogP contribution is -2.54. The number of nitrogens with zero attached hydrogens (tertiary/aromatic N) is 3. The van der Waals surface area contributed by atoms with Crippen molar-refractivity contribution in [2.24, 2.45) is 5.84 Å². The van der Waals surface area contributed by atoms with Crippen molar-refractivity contribution in [2.75, 3.05) is 47.7 Å². The second kappa shape index (κ2) is 11.4. The molecule has 2 N–H and O–H groups in total. The fraction of sp³-hybridized carbons (Fsp3) is 0.900. The van der Waals surface area contributed by atoms with Crippen molar-refractivity contribution in [1.82, 2.24) is 15.5 Å². The first kappa shape index (κ1) is 19.9. The number of amides is 2. The Kier molecular flexibility index (Phi) is 9.88. The predicted molar refractivity (Wildman–Crippen MR) is 69.4 cm³/mol. The molecule has 13 heteroatoms. The summed E-state index contributed by atoms with van der Waals surface area (Å²) in [6, 6.07) is -0.883. The van der Waals surface area contributed by atoms with Crippen LogP contribution < -0.4 is 5.84 Å². The maximum Gasteiger partial charge on any atom is 0.380 e. The van der Waals surface area contributed by atoms with Gasteiger partial charge in [-0.2, -0.15) is 0 Å². The van der Waals surface area contributed by atoms with E-state index in [-0.39, 0.29) is 12.6 Å². The third kappa shape index (κ3) is 7.80. The number of hydrogen-bond donors (Lipinski definition) is 1. The molecule has 1 atom stereocenters. The van der Waals surface area contributed by atoms with E-state index in [2.05, 4.69) is 29.6 Å². The summed E-state index contributed by atoms with van der Waals surface area (Å²) < 4.78 is 10.3. The van der Waals surface area contributed by atoms with E-state index >= 15 is 0 Å². The molecule has 2 amide bonds. The number of urea groups is 1. The molecule has 0 aliphatic carbocycles. The molecule has 0 aromatic carbocycles. The van der Waals surface area contributed by atoms with Gasteiger partial charge in [-0.05, 0) is 11.6 Å². The van der Waals surface area contributed by atoms with Crippen LogP contribution in [0.1, 0.15) is 6.42 Å². The number of carbonyl (C=O) groups is 1. The number of hydrogen-bond acceptors (Lipinski definition) is 11. The normalized spacial score (nSPS) is 16.7. The van der Waals surface area contributed by atoms with Gasteiger partial charge in [0.15, 0.2) is 0 Å². The van der Waals surface area contributed by atoms with Gasteiger partial charge in [-0.15, -0.1) is 0 Å². The number of carbonyl (C=O) groups excluding carboxylic acids is 1. The zero-order valence-corrected chi connectivity index (χ0v) is 13.2. The highest BCUT2D eigenvalue weighted by Crippen LogP contribution is 2.09. The Morgan fingerprint density at radius 3 is 2.30 bits per heavy atom. The van der Waals surface area contributed by atoms with Crippen LogP contribution in [-0.2, 0) is 39.1 Å². The third-order valence-corrected chi connectivity index (χ3v) is 2.37. The van der Waals surface area contributed by atoms with Crippen LogP contribution in [0, 0.1) is 0 Å². The van der Waals surface area contributed by atoms with Crippen molar-refractivity contribution < 1.29 is 43.9 Å². The second-order valence-electron chi connectivity index (χ2n) is 4.09. The number of rotatable bonds is 13. The SMILES string of the molecule is COON(OOC)N(OOC)C(=O)N(N)CCCOCC1CO1. The molecule has 1 saturated heterocycles. The van der Waals surface area contributed by atoms with Crippen LogP contribution in [0.2, 0.25) is 0 Å². The van der Waals surface area contributed by atoms with E-state index in [0.717, 1.165) is 18.7 Å². The number of nitrogens with two attached hydrogens (primary N) is 1. The highest BCUT2D eigenvalue weighted by atomic mass is 17.5. The molecule has 0 bridgehead atoms. The Morgan fingerprint density at radius 1 is 1.17 bits per heavy atom. The first-order valence-electron chi connectivity index (χ1n) is 6.62. The summed E-state index contributed by atoms with van der Waals surface area (Å²) in [6.45, 7) is 1.83. The molecule has 1 unspecified atom stereocenters. The van der Waals surface area contributed by atoms with Crippen LogP contribution >= 0.6 is 0 Å². The zero-order chi connectivity index (χ0) is 17.1. The van der Waals surface area contributed by atoms with Crippen LogP contribution in [0.25, 0.3) is 0 Å². The number of hydrazine groups is 2. The van der Waals surface area contributed by atoms with Crippen LogP contribution in [-0.4, -0.2) is 75.3 Å². The first-order chi connectivity index (χ1) is 11.1. The van der Waals surface area contributed by atoms with Gasteiger partial charge < -0.3 is 9.47 Å². The van der Waals surface area contributed by atoms with Gasteiger partial charge in [0.25, 0.3) is 0 Å². The lowest BCUT2D eigenvalue weighted by Gasteiger charge is -2.28. The van der Waals surface area contributed by atoms with Crippen LogP contribution in [0.5, 0.6) is 0 Å². The predicted octanol–water partition coefficient (Wildman–Crippen LogP) is -0.914. The summed E-state index contributed by atoms with van der Waals surface area (Å²) >= 11 is 0. The van der Waals surface area contributed by atoms with Gasteiger partial charge in [-0.3, -0.25) is 5.01 Å². The summed E-state index contributed by atoms with van der Waals surface area (Å²) in [4.78, 5) is 38.9. The maximum atomic E-state index is 12.2. The van der Waals surface area contributed by atoms with Gasteiger partial charge >= 0.3 is 6.03 Å². The Labute approximate surface area is 132 Å². The molecule has 13 nitrogen and oxygen atoms in total. The molecule has 1 aliphatic heterocycles. The molecule has 23 heavy (non-hydrogen) atoms. The largest absolute Gasteiger partial charge is 0.380 e. The second-order valence-corrected chi connectivity index (χ2v) is 4.09. The molecule has 136 valence electrons. The van der Waals surface area contributed by atoms with Gasteiger partial charge in [-0.25, -0.2) is 25.3 Å². The van der Waals surface area contributed by atoms with E-state index in [1.807, 2.05) is 0 Å². The van der Waals surface area contributed by atoms with Crippen molar-refractivity contribution in [1.29, 1.82) is 0 Å². The molecule has 0 aromatic rings. The Hall–Kier alpha value is -1.13. The van der Waals surface area contributed by atoms with E-state index in [0.29, 0.717) is 30.1 Å². The summed E-state index contributed by atoms with van der Waals surface area (Å²) in [7, 11) is 3.50. The highest BCUT2D eigenvalue weighted by molar-refractivity contribution is 5.71. The fourth-order valence-corrected chi connectivity index (χ4v) is 1.32. The molecular formula is C10H22N4O9. The number of epoxide rings is 1. The Morgan fingerprint density at radius 2 is 1.78 bits per heavy atom. The van der Waals surface area contributed by atoms with Crippen molar-refractivity contribution in [3.63, 3.8) is 0 Å². The minimum Gasteiger partial charge on any atom is -0.379 e. The summed E-state index contributed by atoms with van der Waals surface area (Å²) in [5, 5.41) is 1.54. The van der Waals surface area contributed by atoms with Gasteiger partial charge in [0.1, 0.15) is 11.4 Å².